The number of hydrogen-bond donors (Lipinski definition) is 0. The third kappa shape index (κ3) is 4.56. The number of hydrogen-bond acceptors (Lipinski definition) is 7. The Morgan fingerprint density at radius 2 is 1.90 bits per heavy atom. The average Bonchev–Trinajstić information content (AvgIpc) is 3.25. The van der Waals surface area contributed by atoms with Crippen molar-refractivity contribution >= 4 is 39.2 Å². The molecule has 5 aromatic rings. The predicted molar refractivity (Wildman–Crippen MR) is 143 cm³/mol. The number of imidazole rings is 1. The Hall–Kier alpha value is -4.46. The second-order valence-electron chi connectivity index (χ2n) is 9.08. The molecule has 1 aliphatic heterocycles. The minimum Gasteiger partial charge on any atom is -0.424 e. The summed E-state index contributed by atoms with van der Waals surface area (Å²) in [5.41, 5.74) is 2.79. The number of nitrogens with zero attached hydrogens (tertiary/aromatic N) is 7. The zero-order chi connectivity index (χ0) is 27.1. The van der Waals surface area contributed by atoms with E-state index in [0.29, 0.717) is 57.7 Å². The van der Waals surface area contributed by atoms with Crippen molar-refractivity contribution in [1.29, 1.82) is 5.26 Å². The average molecular weight is 544 g/mol. The van der Waals surface area contributed by atoms with Gasteiger partial charge < -0.3 is 4.74 Å². The Kier molecular flexibility index (Phi) is 6.38. The van der Waals surface area contributed by atoms with Crippen molar-refractivity contribution in [2.45, 2.75) is 13.3 Å². The molecule has 0 bridgehead atoms. The van der Waals surface area contributed by atoms with E-state index >= 15 is 8.78 Å². The zero-order valence-corrected chi connectivity index (χ0v) is 21.5. The second kappa shape index (κ2) is 10.0. The van der Waals surface area contributed by atoms with Crippen molar-refractivity contribution in [3.63, 3.8) is 0 Å². The number of aryl methyl sites for hydroxylation is 1. The van der Waals surface area contributed by atoms with Gasteiger partial charge in [0.1, 0.15) is 28.7 Å². The summed E-state index contributed by atoms with van der Waals surface area (Å²) in [6, 6.07) is 11.8. The van der Waals surface area contributed by atoms with E-state index in [4.69, 9.17) is 21.6 Å². The SMILES string of the molecule is Cc1nc2cnc3cc(F)c(-c4ccc(Oc5ncccn5)cc4Cl)cc3c2n1C1=C(F)CN(CC#N)CC1. The van der Waals surface area contributed by atoms with Crippen molar-refractivity contribution < 1.29 is 13.5 Å². The number of benzene rings is 2. The number of fused-ring (bicyclic) bond motifs is 3. The highest BCUT2D eigenvalue weighted by Gasteiger charge is 2.25. The third-order valence-corrected chi connectivity index (χ3v) is 6.94. The van der Waals surface area contributed by atoms with E-state index in [1.165, 1.54) is 6.07 Å². The fourth-order valence-corrected chi connectivity index (χ4v) is 5.16. The van der Waals surface area contributed by atoms with Crippen LogP contribution in [0.1, 0.15) is 12.2 Å². The molecule has 0 N–H and O–H groups in total. The van der Waals surface area contributed by atoms with Crippen LogP contribution in [0.2, 0.25) is 5.02 Å². The summed E-state index contributed by atoms with van der Waals surface area (Å²) >= 11 is 6.58. The lowest BCUT2D eigenvalue weighted by molar-refractivity contribution is 0.297. The maximum absolute atomic E-state index is 15.4. The number of pyridine rings is 1. The molecule has 3 aromatic heterocycles. The summed E-state index contributed by atoms with van der Waals surface area (Å²) in [5, 5.41) is 9.88. The Morgan fingerprint density at radius 1 is 1.08 bits per heavy atom. The first kappa shape index (κ1) is 24.9. The molecule has 0 unspecified atom stereocenters. The van der Waals surface area contributed by atoms with Gasteiger partial charge in [-0.1, -0.05) is 11.6 Å². The summed E-state index contributed by atoms with van der Waals surface area (Å²) in [6.45, 7) is 2.53. The van der Waals surface area contributed by atoms with Crippen LogP contribution in [-0.4, -0.2) is 49.0 Å². The lowest BCUT2D eigenvalue weighted by atomic mass is 10.0. The molecule has 0 saturated heterocycles. The summed E-state index contributed by atoms with van der Waals surface area (Å²) in [7, 11) is 0. The van der Waals surface area contributed by atoms with Crippen molar-refractivity contribution in [1.82, 2.24) is 29.4 Å². The van der Waals surface area contributed by atoms with Gasteiger partial charge in [-0.25, -0.2) is 23.7 Å². The molecule has 0 atom stereocenters. The van der Waals surface area contributed by atoms with Crippen LogP contribution >= 0.6 is 11.6 Å². The van der Waals surface area contributed by atoms with Crippen LogP contribution in [0.3, 0.4) is 0 Å². The van der Waals surface area contributed by atoms with Crippen LogP contribution < -0.4 is 4.74 Å². The van der Waals surface area contributed by atoms with E-state index in [2.05, 4.69) is 26.0 Å². The number of rotatable bonds is 5. The Bertz CT molecular complexity index is 1810. The van der Waals surface area contributed by atoms with Crippen molar-refractivity contribution in [3.8, 4) is 29.0 Å². The molecule has 11 heteroatoms. The summed E-state index contributed by atoms with van der Waals surface area (Å²) in [6.07, 6.45) is 5.08. The van der Waals surface area contributed by atoms with Gasteiger partial charge in [0.05, 0.1) is 47.1 Å². The predicted octanol–water partition coefficient (Wildman–Crippen LogP) is 6.30. The first-order valence-corrected chi connectivity index (χ1v) is 12.5. The number of nitriles is 1. The first-order chi connectivity index (χ1) is 18.9. The second-order valence-corrected chi connectivity index (χ2v) is 9.49. The molecule has 194 valence electrons. The molecular formula is C28H20ClF2N7O. The molecule has 6 rings (SSSR count). The molecular weight excluding hydrogens is 524 g/mol. The Balaban J connectivity index is 1.47. The molecule has 8 nitrogen and oxygen atoms in total. The lowest BCUT2D eigenvalue weighted by Crippen LogP contribution is -2.32. The van der Waals surface area contributed by atoms with Gasteiger partial charge in [0.25, 0.3) is 0 Å². The highest BCUT2D eigenvalue weighted by molar-refractivity contribution is 6.33. The normalized spacial score (nSPS) is 14.2. The quantitative estimate of drug-likeness (QED) is 0.240. The van der Waals surface area contributed by atoms with Gasteiger partial charge in [-0.2, -0.15) is 5.26 Å². The van der Waals surface area contributed by atoms with Crippen molar-refractivity contribution in [2.75, 3.05) is 19.6 Å². The standard InChI is InChI=1S/C28H20ClF2N7O/c1-16-36-25-14-35-24-13-22(30)19(18-4-3-17(11-21(18)29)39-28-33-7-2-8-34-28)12-20(24)27(25)38(16)26-5-9-37(10-6-32)15-23(26)31/h2-4,7-8,11-14H,5,9-10,15H2,1H3. The van der Waals surface area contributed by atoms with Crippen LogP contribution in [-0.2, 0) is 0 Å². The van der Waals surface area contributed by atoms with Gasteiger partial charge in [0.2, 0.25) is 0 Å². The van der Waals surface area contributed by atoms with E-state index in [-0.39, 0.29) is 35.5 Å². The molecule has 0 saturated carbocycles. The van der Waals surface area contributed by atoms with Gasteiger partial charge in [-0.15, -0.1) is 0 Å². The Morgan fingerprint density at radius 3 is 2.64 bits per heavy atom. The third-order valence-electron chi connectivity index (χ3n) is 6.63. The maximum Gasteiger partial charge on any atom is 0.321 e. The number of ether oxygens (including phenoxy) is 1. The lowest BCUT2D eigenvalue weighted by Gasteiger charge is -2.26. The van der Waals surface area contributed by atoms with E-state index in [1.54, 1.807) is 65.3 Å². The van der Waals surface area contributed by atoms with E-state index in [9.17, 15) is 0 Å². The van der Waals surface area contributed by atoms with Crippen LogP contribution in [0.5, 0.6) is 11.8 Å². The number of halogens is 3. The molecule has 0 amide bonds. The fourth-order valence-electron chi connectivity index (χ4n) is 4.88. The fraction of sp³-hybridized carbons (Fsp3) is 0.179. The van der Waals surface area contributed by atoms with Crippen LogP contribution in [0.4, 0.5) is 8.78 Å². The van der Waals surface area contributed by atoms with Gasteiger partial charge in [0, 0.05) is 54.0 Å². The van der Waals surface area contributed by atoms with Gasteiger partial charge in [-0.05, 0) is 31.2 Å². The smallest absolute Gasteiger partial charge is 0.321 e. The highest BCUT2D eigenvalue weighted by atomic mass is 35.5. The molecule has 0 aliphatic carbocycles. The summed E-state index contributed by atoms with van der Waals surface area (Å²) in [4.78, 5) is 18.8. The van der Waals surface area contributed by atoms with Gasteiger partial charge in [-0.3, -0.25) is 14.5 Å². The van der Waals surface area contributed by atoms with Crippen LogP contribution in [0, 0.1) is 24.1 Å². The Labute approximate surface area is 226 Å². The van der Waals surface area contributed by atoms with E-state index < -0.39 is 5.82 Å². The molecule has 4 heterocycles. The molecule has 0 spiro atoms. The summed E-state index contributed by atoms with van der Waals surface area (Å²) in [5.74, 6) is 0.160. The largest absolute Gasteiger partial charge is 0.424 e. The summed E-state index contributed by atoms with van der Waals surface area (Å²) < 4.78 is 38.1. The topological polar surface area (TPSA) is 92.8 Å². The first-order valence-electron chi connectivity index (χ1n) is 12.1. The zero-order valence-electron chi connectivity index (χ0n) is 20.7. The molecule has 2 aromatic carbocycles. The molecule has 0 radical (unpaired) electrons. The molecule has 39 heavy (non-hydrogen) atoms. The van der Waals surface area contributed by atoms with Gasteiger partial charge in [0.15, 0.2) is 0 Å². The van der Waals surface area contributed by atoms with Crippen LogP contribution in [0.15, 0.2) is 60.8 Å². The monoisotopic (exact) mass is 543 g/mol. The van der Waals surface area contributed by atoms with Crippen molar-refractivity contribution in [3.05, 3.63) is 77.5 Å². The minimum atomic E-state index is -0.505. The molecule has 0 fully saturated rings. The van der Waals surface area contributed by atoms with Crippen LogP contribution in [0.25, 0.3) is 38.8 Å². The minimum absolute atomic E-state index is 0.0446. The van der Waals surface area contributed by atoms with E-state index in [0.717, 1.165) is 0 Å². The number of aromatic nitrogens is 5. The van der Waals surface area contributed by atoms with Gasteiger partial charge >= 0.3 is 6.01 Å². The molecule has 1 aliphatic rings. The van der Waals surface area contributed by atoms with Crippen molar-refractivity contribution in [2.24, 2.45) is 0 Å². The highest BCUT2D eigenvalue weighted by Crippen LogP contribution is 2.38. The van der Waals surface area contributed by atoms with E-state index in [1.807, 2.05) is 0 Å². The maximum atomic E-state index is 15.4.